The van der Waals surface area contributed by atoms with Crippen molar-refractivity contribution in [3.63, 3.8) is 0 Å². The Balaban J connectivity index is 2.79. The van der Waals surface area contributed by atoms with Gasteiger partial charge in [-0.2, -0.15) is 0 Å². The van der Waals surface area contributed by atoms with E-state index < -0.39 is 37.7 Å². The molecule has 1 saturated heterocycles. The van der Waals surface area contributed by atoms with Crippen LogP contribution in [-0.4, -0.2) is 43.9 Å². The van der Waals surface area contributed by atoms with Gasteiger partial charge in [-0.05, 0) is 33.9 Å². The van der Waals surface area contributed by atoms with Crippen molar-refractivity contribution in [3.8, 4) is 0 Å². The quantitative estimate of drug-likeness (QED) is 0.614. The van der Waals surface area contributed by atoms with Gasteiger partial charge in [0.25, 0.3) is 0 Å². The second-order valence-corrected chi connectivity index (χ2v) is 5.50. The minimum atomic E-state index is -1.00. The Hall–Kier alpha value is -0.945. The van der Waals surface area contributed by atoms with Crippen LogP contribution >= 0.6 is 0 Å². The van der Waals surface area contributed by atoms with Gasteiger partial charge in [0.05, 0.1) is 11.2 Å². The molecule has 0 amide bonds. The van der Waals surface area contributed by atoms with Crippen LogP contribution in [0.15, 0.2) is 16.7 Å². The zero-order valence-corrected chi connectivity index (χ0v) is 11.8. The molecule has 0 bridgehead atoms. The van der Waals surface area contributed by atoms with E-state index in [1.807, 2.05) is 27.7 Å². The molecule has 0 atom stereocenters. The van der Waals surface area contributed by atoms with E-state index in [1.54, 1.807) is 0 Å². The maximum Gasteiger partial charge on any atom is 0.497 e. The summed E-state index contributed by atoms with van der Waals surface area (Å²) in [6, 6.07) is -1.00. The lowest BCUT2D eigenvalue weighted by molar-refractivity contribution is 0.00578. The molecule has 1 heterocycles. The van der Waals surface area contributed by atoms with Gasteiger partial charge in [0, 0.05) is 11.7 Å². The highest BCUT2D eigenvalue weighted by Crippen LogP contribution is 2.38. The van der Waals surface area contributed by atoms with E-state index in [1.165, 1.54) is 12.4 Å². The van der Waals surface area contributed by atoms with E-state index in [0.29, 0.717) is 5.47 Å². The molecule has 0 spiro atoms. The average molecular weight is 274 g/mol. The fraction of sp³-hybridized carbons (Fsp3) is 0.750. The number of hydrogen-bond donors (Lipinski definition) is 1. The summed E-state index contributed by atoms with van der Waals surface area (Å²) in [7, 11) is -0.682. The number of nitrogens with zero attached hydrogens (tertiary/aromatic N) is 1. The third-order valence-corrected chi connectivity index (χ3v) is 3.51. The molecule has 108 valence electrons. The van der Waals surface area contributed by atoms with Crippen molar-refractivity contribution in [3.05, 3.63) is 11.7 Å². The minimum Gasteiger partial charge on any atom is -0.405 e. The molecule has 0 saturated carbocycles. The summed E-state index contributed by atoms with van der Waals surface area (Å²) in [5.41, 5.74) is 4.95. The van der Waals surface area contributed by atoms with E-state index in [9.17, 15) is 8.78 Å². The Labute approximate surface area is 113 Å². The first kappa shape index (κ1) is 16.1. The average Bonchev–Trinajstić information content (AvgIpc) is 2.54. The first-order valence-corrected chi connectivity index (χ1v) is 6.20. The predicted octanol–water partition coefficient (Wildman–Crippen LogP) is 1.84. The van der Waals surface area contributed by atoms with Crippen molar-refractivity contribution < 1.29 is 18.1 Å². The third-order valence-electron chi connectivity index (χ3n) is 3.51. The van der Waals surface area contributed by atoms with Crippen LogP contribution in [-0.2, 0) is 9.31 Å². The molecule has 1 aliphatic rings. The number of nitrogens with two attached hydrogens (primary N) is 1. The molecule has 0 aromatic heterocycles. The van der Waals surface area contributed by atoms with Crippen LogP contribution in [0.2, 0.25) is 0 Å². The van der Waals surface area contributed by atoms with Crippen molar-refractivity contribution >= 4 is 13.3 Å². The molecule has 0 aromatic carbocycles. The zero-order valence-electron chi connectivity index (χ0n) is 11.8. The first-order valence-electron chi connectivity index (χ1n) is 6.20. The number of hydrogen-bond acceptors (Lipinski definition) is 4. The van der Waals surface area contributed by atoms with E-state index >= 15 is 0 Å². The first-order chi connectivity index (χ1) is 8.77. The van der Waals surface area contributed by atoms with Gasteiger partial charge in [-0.15, -0.1) is 0 Å². The SMILES string of the molecule is CC1(C)OB(/C(C=NC(CF)CF)=C/N)OC1(C)C. The van der Waals surface area contributed by atoms with E-state index in [-0.39, 0.29) is 0 Å². The van der Waals surface area contributed by atoms with Crippen molar-refractivity contribution in [2.24, 2.45) is 10.7 Å². The van der Waals surface area contributed by atoms with Crippen LogP contribution in [0.25, 0.3) is 0 Å². The second kappa shape index (κ2) is 6.01. The molecular weight excluding hydrogens is 253 g/mol. The summed E-state index contributed by atoms with van der Waals surface area (Å²) >= 11 is 0. The van der Waals surface area contributed by atoms with Gasteiger partial charge in [-0.1, -0.05) is 0 Å². The molecule has 0 unspecified atom stereocenters. The Kier molecular flexibility index (Phi) is 5.09. The van der Waals surface area contributed by atoms with Gasteiger partial charge in [0.1, 0.15) is 19.4 Å². The monoisotopic (exact) mass is 274 g/mol. The highest BCUT2D eigenvalue weighted by atomic mass is 19.1. The summed E-state index contributed by atoms with van der Waals surface area (Å²) in [4.78, 5) is 3.79. The van der Waals surface area contributed by atoms with E-state index in [0.717, 1.165) is 0 Å². The minimum absolute atomic E-state index is 0.450. The lowest BCUT2D eigenvalue weighted by Gasteiger charge is -2.32. The Bertz CT molecular complexity index is 353. The Morgan fingerprint density at radius 2 is 1.68 bits per heavy atom. The standard InChI is InChI=1S/C12H21BF2N2O2/c1-11(2)12(3,4)19-13(18-11)9(7-16)8-17-10(5-14)6-15/h7-8,10H,5-6,16H2,1-4H3/b9-7+,17-8?. The van der Waals surface area contributed by atoms with Gasteiger partial charge in [0.15, 0.2) is 0 Å². The molecule has 1 rings (SSSR count). The number of alkyl halides is 2. The fourth-order valence-electron chi connectivity index (χ4n) is 1.47. The lowest BCUT2D eigenvalue weighted by atomic mass is 9.79. The molecule has 0 radical (unpaired) electrons. The summed E-state index contributed by atoms with van der Waals surface area (Å²) in [6.07, 6.45) is 2.59. The van der Waals surface area contributed by atoms with Crippen molar-refractivity contribution in [1.82, 2.24) is 0 Å². The van der Waals surface area contributed by atoms with Gasteiger partial charge in [0.2, 0.25) is 0 Å². The van der Waals surface area contributed by atoms with Gasteiger partial charge < -0.3 is 15.0 Å². The summed E-state index contributed by atoms with van der Waals surface area (Å²) < 4.78 is 36.3. The van der Waals surface area contributed by atoms with Crippen molar-refractivity contribution in [1.29, 1.82) is 0 Å². The van der Waals surface area contributed by atoms with E-state index in [2.05, 4.69) is 4.99 Å². The van der Waals surface area contributed by atoms with Crippen LogP contribution in [0.4, 0.5) is 8.78 Å². The van der Waals surface area contributed by atoms with Crippen LogP contribution in [0.1, 0.15) is 27.7 Å². The molecule has 2 N–H and O–H groups in total. The van der Waals surface area contributed by atoms with Gasteiger partial charge in [-0.25, -0.2) is 8.78 Å². The highest BCUT2D eigenvalue weighted by molar-refractivity contribution is 6.60. The number of aliphatic imine (C=N–C) groups is 1. The largest absolute Gasteiger partial charge is 0.497 e. The van der Waals surface area contributed by atoms with Crippen molar-refractivity contribution in [2.75, 3.05) is 13.3 Å². The molecule has 7 heteroatoms. The fourth-order valence-corrected chi connectivity index (χ4v) is 1.47. The van der Waals surface area contributed by atoms with E-state index in [4.69, 9.17) is 15.0 Å². The smallest absolute Gasteiger partial charge is 0.405 e. The van der Waals surface area contributed by atoms with Crippen LogP contribution in [0.3, 0.4) is 0 Å². The van der Waals surface area contributed by atoms with Gasteiger partial charge in [-0.3, -0.25) is 4.99 Å². The number of allylic oxidation sites excluding steroid dienone is 1. The van der Waals surface area contributed by atoms with Crippen LogP contribution in [0, 0.1) is 0 Å². The summed E-state index contributed by atoms with van der Waals surface area (Å²) in [6.45, 7) is 5.92. The third kappa shape index (κ3) is 3.54. The van der Waals surface area contributed by atoms with Crippen molar-refractivity contribution in [2.45, 2.75) is 44.9 Å². The molecule has 1 aliphatic heterocycles. The summed E-state index contributed by atoms with van der Waals surface area (Å²) in [5.74, 6) is 0. The molecule has 0 aromatic rings. The molecule has 0 aliphatic carbocycles. The predicted molar refractivity (Wildman–Crippen MR) is 72.6 cm³/mol. The molecule has 4 nitrogen and oxygen atoms in total. The topological polar surface area (TPSA) is 56.8 Å². The second-order valence-electron chi connectivity index (χ2n) is 5.50. The zero-order chi connectivity index (χ0) is 14.7. The highest BCUT2D eigenvalue weighted by Gasteiger charge is 2.52. The lowest BCUT2D eigenvalue weighted by Crippen LogP contribution is -2.41. The molecular formula is C12H21BF2N2O2. The number of rotatable bonds is 5. The molecule has 19 heavy (non-hydrogen) atoms. The summed E-state index contributed by atoms with van der Waals surface area (Å²) in [5, 5.41) is 0. The Morgan fingerprint density at radius 1 is 1.21 bits per heavy atom. The number of halogens is 2. The Morgan fingerprint density at radius 3 is 2.05 bits per heavy atom. The normalized spacial score (nSPS) is 22.7. The maximum atomic E-state index is 12.4. The van der Waals surface area contributed by atoms with Gasteiger partial charge >= 0.3 is 7.12 Å². The maximum absolute atomic E-state index is 12.4. The van der Waals surface area contributed by atoms with Crippen LogP contribution < -0.4 is 5.73 Å². The molecule has 1 fully saturated rings. The van der Waals surface area contributed by atoms with Crippen LogP contribution in [0.5, 0.6) is 0 Å².